The van der Waals surface area contributed by atoms with E-state index in [1.807, 2.05) is 13.0 Å². The van der Waals surface area contributed by atoms with Crippen LogP contribution in [0.1, 0.15) is 28.9 Å². The molecule has 0 saturated carbocycles. The summed E-state index contributed by atoms with van der Waals surface area (Å²) in [6.07, 6.45) is 2.90. The lowest BCUT2D eigenvalue weighted by atomic mass is 10.1. The number of carbonyl (C=O) groups is 1. The SMILES string of the molecule is Cc1cc(OC2CCN(C(=O)c3cccn(C)c3=O)CC2)cc(=O)n1C. The zero-order valence-electron chi connectivity index (χ0n) is 15.3. The Morgan fingerprint density at radius 2 is 1.85 bits per heavy atom. The van der Waals surface area contributed by atoms with Crippen LogP contribution in [-0.2, 0) is 14.1 Å². The number of aromatic nitrogens is 2. The number of likely N-dealkylation sites (tertiary alicyclic amines) is 1. The Balaban J connectivity index is 1.64. The first-order valence-electron chi connectivity index (χ1n) is 8.66. The molecule has 7 heteroatoms. The number of amides is 1. The van der Waals surface area contributed by atoms with Gasteiger partial charge in [0.1, 0.15) is 17.4 Å². The van der Waals surface area contributed by atoms with E-state index in [9.17, 15) is 14.4 Å². The molecule has 0 unspecified atom stereocenters. The van der Waals surface area contributed by atoms with Crippen LogP contribution in [0.15, 0.2) is 40.1 Å². The average Bonchev–Trinajstić information content (AvgIpc) is 2.62. The second-order valence-corrected chi connectivity index (χ2v) is 6.68. The van der Waals surface area contributed by atoms with Crippen LogP contribution in [0.3, 0.4) is 0 Å². The largest absolute Gasteiger partial charge is 0.490 e. The summed E-state index contributed by atoms with van der Waals surface area (Å²) in [5.41, 5.74) is 0.635. The number of pyridine rings is 2. The van der Waals surface area contributed by atoms with Gasteiger partial charge in [-0.05, 0) is 25.1 Å². The van der Waals surface area contributed by atoms with Gasteiger partial charge < -0.3 is 18.8 Å². The van der Waals surface area contributed by atoms with Crippen LogP contribution in [0.25, 0.3) is 0 Å². The lowest BCUT2D eigenvalue weighted by Crippen LogP contribution is -2.43. The molecule has 138 valence electrons. The monoisotopic (exact) mass is 357 g/mol. The number of aryl methyl sites for hydroxylation is 2. The van der Waals surface area contributed by atoms with Crippen molar-refractivity contribution in [1.29, 1.82) is 0 Å². The number of ether oxygens (including phenoxy) is 1. The molecule has 1 amide bonds. The Bertz CT molecular complexity index is 937. The normalized spacial score (nSPS) is 15.1. The van der Waals surface area contributed by atoms with Crippen LogP contribution in [-0.4, -0.2) is 39.1 Å². The van der Waals surface area contributed by atoms with Crippen LogP contribution in [0.2, 0.25) is 0 Å². The van der Waals surface area contributed by atoms with Crippen molar-refractivity contribution in [2.24, 2.45) is 14.1 Å². The quantitative estimate of drug-likeness (QED) is 0.824. The third kappa shape index (κ3) is 3.56. The first-order chi connectivity index (χ1) is 12.4. The highest BCUT2D eigenvalue weighted by molar-refractivity contribution is 5.93. The predicted molar refractivity (Wildman–Crippen MR) is 97.7 cm³/mol. The van der Waals surface area contributed by atoms with Gasteiger partial charge in [-0.3, -0.25) is 14.4 Å². The van der Waals surface area contributed by atoms with Crippen molar-refractivity contribution in [3.63, 3.8) is 0 Å². The Morgan fingerprint density at radius 1 is 1.15 bits per heavy atom. The molecule has 0 radical (unpaired) electrons. The van der Waals surface area contributed by atoms with Crippen molar-refractivity contribution in [2.45, 2.75) is 25.9 Å². The molecular weight excluding hydrogens is 334 g/mol. The van der Waals surface area contributed by atoms with Gasteiger partial charge in [0.2, 0.25) is 0 Å². The van der Waals surface area contributed by atoms with Crippen LogP contribution in [0, 0.1) is 6.92 Å². The van der Waals surface area contributed by atoms with E-state index in [0.29, 0.717) is 31.7 Å². The van der Waals surface area contributed by atoms with Gasteiger partial charge in [0, 0.05) is 58.0 Å². The molecular formula is C19H23N3O4. The molecule has 1 fully saturated rings. The first-order valence-corrected chi connectivity index (χ1v) is 8.66. The number of hydrogen-bond acceptors (Lipinski definition) is 4. The van der Waals surface area contributed by atoms with E-state index in [1.54, 1.807) is 41.9 Å². The second-order valence-electron chi connectivity index (χ2n) is 6.68. The first kappa shape index (κ1) is 18.0. The van der Waals surface area contributed by atoms with Gasteiger partial charge in [-0.25, -0.2) is 0 Å². The van der Waals surface area contributed by atoms with E-state index in [1.165, 1.54) is 10.6 Å². The molecule has 0 aliphatic carbocycles. The lowest BCUT2D eigenvalue weighted by Gasteiger charge is -2.32. The van der Waals surface area contributed by atoms with Gasteiger partial charge in [0.15, 0.2) is 0 Å². The minimum Gasteiger partial charge on any atom is -0.490 e. The standard InChI is InChI=1S/C19H23N3O4/c1-13-11-15(12-17(23)21(13)3)26-14-6-9-22(10-7-14)19(25)16-5-4-8-20(2)18(16)24/h4-5,8,11-12,14H,6-7,9-10H2,1-3H3. The molecule has 3 rings (SSSR count). The Labute approximate surface area is 151 Å². The average molecular weight is 357 g/mol. The summed E-state index contributed by atoms with van der Waals surface area (Å²) in [7, 11) is 3.35. The third-order valence-corrected chi connectivity index (χ3v) is 4.86. The fourth-order valence-corrected chi connectivity index (χ4v) is 3.10. The minimum atomic E-state index is -0.286. The smallest absolute Gasteiger partial charge is 0.263 e. The van der Waals surface area contributed by atoms with E-state index >= 15 is 0 Å². The molecule has 26 heavy (non-hydrogen) atoms. The molecule has 3 heterocycles. The maximum atomic E-state index is 12.6. The van der Waals surface area contributed by atoms with Gasteiger partial charge in [0.25, 0.3) is 17.0 Å². The summed E-state index contributed by atoms with van der Waals surface area (Å²) >= 11 is 0. The fraction of sp³-hybridized carbons (Fsp3) is 0.421. The number of rotatable bonds is 3. The van der Waals surface area contributed by atoms with Crippen molar-refractivity contribution in [3.8, 4) is 5.75 Å². The minimum absolute atomic E-state index is 0.0517. The fourth-order valence-electron chi connectivity index (χ4n) is 3.10. The molecule has 0 spiro atoms. The number of hydrogen-bond donors (Lipinski definition) is 0. The van der Waals surface area contributed by atoms with Crippen LogP contribution in [0.5, 0.6) is 5.75 Å². The zero-order valence-corrected chi connectivity index (χ0v) is 15.3. The molecule has 0 N–H and O–H groups in total. The van der Waals surface area contributed by atoms with Crippen molar-refractivity contribution in [2.75, 3.05) is 13.1 Å². The molecule has 7 nitrogen and oxygen atoms in total. The van der Waals surface area contributed by atoms with Crippen molar-refractivity contribution in [3.05, 3.63) is 62.4 Å². The Kier molecular flexibility index (Phi) is 4.97. The highest BCUT2D eigenvalue weighted by Gasteiger charge is 2.26. The predicted octanol–water partition coefficient (Wildman–Crippen LogP) is 1.08. The van der Waals surface area contributed by atoms with Crippen molar-refractivity contribution >= 4 is 5.91 Å². The summed E-state index contributed by atoms with van der Waals surface area (Å²) in [5, 5.41) is 0. The van der Waals surface area contributed by atoms with E-state index in [4.69, 9.17) is 4.74 Å². The van der Waals surface area contributed by atoms with Crippen LogP contribution < -0.4 is 15.9 Å². The summed E-state index contributed by atoms with van der Waals surface area (Å²) in [6, 6.07) is 6.59. The van der Waals surface area contributed by atoms with E-state index in [0.717, 1.165) is 5.69 Å². The third-order valence-electron chi connectivity index (χ3n) is 4.86. The van der Waals surface area contributed by atoms with Gasteiger partial charge in [0.05, 0.1) is 0 Å². The highest BCUT2D eigenvalue weighted by atomic mass is 16.5. The molecule has 1 aliphatic rings. The molecule has 0 atom stereocenters. The van der Waals surface area contributed by atoms with E-state index < -0.39 is 0 Å². The molecule has 2 aromatic heterocycles. The maximum Gasteiger partial charge on any atom is 0.263 e. The molecule has 0 bridgehead atoms. The summed E-state index contributed by atoms with van der Waals surface area (Å²) in [6.45, 7) is 2.90. The molecule has 2 aromatic rings. The van der Waals surface area contributed by atoms with Crippen molar-refractivity contribution in [1.82, 2.24) is 14.0 Å². The van der Waals surface area contributed by atoms with Gasteiger partial charge in [-0.1, -0.05) is 0 Å². The van der Waals surface area contributed by atoms with Crippen molar-refractivity contribution < 1.29 is 9.53 Å². The molecule has 1 saturated heterocycles. The molecule has 1 aliphatic heterocycles. The molecule has 0 aromatic carbocycles. The number of piperidine rings is 1. The lowest BCUT2D eigenvalue weighted by molar-refractivity contribution is 0.0593. The summed E-state index contributed by atoms with van der Waals surface area (Å²) < 4.78 is 8.90. The van der Waals surface area contributed by atoms with Crippen LogP contribution >= 0.6 is 0 Å². The van der Waals surface area contributed by atoms with Gasteiger partial charge in [-0.15, -0.1) is 0 Å². The maximum absolute atomic E-state index is 12.6. The zero-order chi connectivity index (χ0) is 18.8. The number of nitrogens with zero attached hydrogens (tertiary/aromatic N) is 3. The Morgan fingerprint density at radius 3 is 2.50 bits per heavy atom. The van der Waals surface area contributed by atoms with Crippen LogP contribution in [0.4, 0.5) is 0 Å². The van der Waals surface area contributed by atoms with Gasteiger partial charge in [-0.2, -0.15) is 0 Å². The Hall–Kier alpha value is -2.83. The van der Waals surface area contributed by atoms with E-state index in [-0.39, 0.29) is 28.7 Å². The number of carbonyl (C=O) groups excluding carboxylic acids is 1. The van der Waals surface area contributed by atoms with Gasteiger partial charge >= 0.3 is 0 Å². The highest BCUT2D eigenvalue weighted by Crippen LogP contribution is 2.19. The summed E-state index contributed by atoms with van der Waals surface area (Å²) in [5.74, 6) is 0.321. The van der Waals surface area contributed by atoms with E-state index in [2.05, 4.69) is 0 Å². The summed E-state index contributed by atoms with van der Waals surface area (Å²) in [4.78, 5) is 38.2. The second kappa shape index (κ2) is 7.19. The topological polar surface area (TPSA) is 73.5 Å².